The second-order valence-electron chi connectivity index (χ2n) is 4.04. The van der Waals surface area contributed by atoms with Crippen LogP contribution in [0.15, 0.2) is 6.07 Å². The maximum absolute atomic E-state index is 12.1. The van der Waals surface area contributed by atoms with E-state index in [1.54, 1.807) is 4.68 Å². The van der Waals surface area contributed by atoms with Crippen LogP contribution in [0.4, 0.5) is 0 Å². The van der Waals surface area contributed by atoms with Crippen LogP contribution in [0.25, 0.3) is 0 Å². The summed E-state index contributed by atoms with van der Waals surface area (Å²) in [6, 6.07) is 1.95. The topological polar surface area (TPSA) is 46.9 Å². The van der Waals surface area contributed by atoms with Crippen LogP contribution in [0.1, 0.15) is 42.9 Å². The van der Waals surface area contributed by atoms with Crippen molar-refractivity contribution in [1.82, 2.24) is 15.1 Å². The summed E-state index contributed by atoms with van der Waals surface area (Å²) in [5.74, 6) is 0.495. The summed E-state index contributed by atoms with van der Waals surface area (Å²) in [6.45, 7) is 6.60. The third kappa shape index (κ3) is 3.73. The molecule has 0 saturated heterocycles. The highest BCUT2D eigenvalue weighted by molar-refractivity contribution is 6.17. The number of rotatable bonds is 6. The van der Waals surface area contributed by atoms with Crippen LogP contribution < -0.4 is 5.32 Å². The molecule has 1 unspecified atom stereocenters. The zero-order chi connectivity index (χ0) is 12.8. The molecule has 5 heteroatoms. The smallest absolute Gasteiger partial charge is 0.269 e. The first-order chi connectivity index (χ1) is 8.12. The van der Waals surface area contributed by atoms with Gasteiger partial charge in [0.05, 0.1) is 5.69 Å². The summed E-state index contributed by atoms with van der Waals surface area (Å²) >= 11 is 5.70. The quantitative estimate of drug-likeness (QED) is 0.796. The van der Waals surface area contributed by atoms with Gasteiger partial charge >= 0.3 is 0 Å². The molecule has 1 rings (SSSR count). The Balaban J connectivity index is 2.74. The Morgan fingerprint density at radius 1 is 1.59 bits per heavy atom. The van der Waals surface area contributed by atoms with Crippen LogP contribution in [0, 0.1) is 6.92 Å². The minimum absolute atomic E-state index is 0.0654. The molecule has 1 aromatic heterocycles. The molecule has 1 aromatic rings. The number of nitrogens with zero attached hydrogens (tertiary/aromatic N) is 2. The molecule has 4 nitrogen and oxygen atoms in total. The van der Waals surface area contributed by atoms with Crippen molar-refractivity contribution in [2.75, 3.05) is 5.88 Å². The molecule has 0 aliphatic heterocycles. The van der Waals surface area contributed by atoms with E-state index >= 15 is 0 Å². The molecule has 0 spiro atoms. The normalized spacial score (nSPS) is 12.5. The highest BCUT2D eigenvalue weighted by atomic mass is 35.5. The summed E-state index contributed by atoms with van der Waals surface area (Å²) in [5, 5.41) is 7.25. The fourth-order valence-electron chi connectivity index (χ4n) is 1.74. The summed E-state index contributed by atoms with van der Waals surface area (Å²) in [7, 11) is 0. The van der Waals surface area contributed by atoms with Gasteiger partial charge in [-0.15, -0.1) is 11.6 Å². The van der Waals surface area contributed by atoms with Crippen molar-refractivity contribution in [2.24, 2.45) is 0 Å². The summed E-state index contributed by atoms with van der Waals surface area (Å²) in [4.78, 5) is 12.1. The molecular weight excluding hydrogens is 238 g/mol. The minimum atomic E-state index is -0.0654. The molecule has 1 N–H and O–H groups in total. The number of aryl methyl sites for hydroxylation is 2. The van der Waals surface area contributed by atoms with Gasteiger partial charge in [-0.1, -0.05) is 6.92 Å². The lowest BCUT2D eigenvalue weighted by Crippen LogP contribution is -2.35. The van der Waals surface area contributed by atoms with E-state index in [0.717, 1.165) is 18.5 Å². The van der Waals surface area contributed by atoms with Crippen molar-refractivity contribution in [3.05, 3.63) is 17.5 Å². The van der Waals surface area contributed by atoms with E-state index in [4.69, 9.17) is 11.6 Å². The van der Waals surface area contributed by atoms with Gasteiger partial charge in [-0.3, -0.25) is 9.48 Å². The zero-order valence-corrected chi connectivity index (χ0v) is 11.4. The van der Waals surface area contributed by atoms with E-state index in [2.05, 4.69) is 10.4 Å². The van der Waals surface area contributed by atoms with Gasteiger partial charge < -0.3 is 5.32 Å². The van der Waals surface area contributed by atoms with Crippen molar-refractivity contribution in [1.29, 1.82) is 0 Å². The Morgan fingerprint density at radius 3 is 2.82 bits per heavy atom. The maximum atomic E-state index is 12.1. The molecule has 0 aromatic carbocycles. The van der Waals surface area contributed by atoms with Crippen molar-refractivity contribution in [3.8, 4) is 0 Å². The number of nitrogens with one attached hydrogen (secondary N) is 1. The van der Waals surface area contributed by atoms with Crippen LogP contribution in [0.2, 0.25) is 0 Å². The molecule has 1 atom stereocenters. The number of alkyl halides is 1. The Labute approximate surface area is 107 Å². The molecule has 0 fully saturated rings. The lowest BCUT2D eigenvalue weighted by molar-refractivity contribution is 0.0924. The molecule has 0 aliphatic rings. The van der Waals surface area contributed by atoms with Gasteiger partial charge in [0.2, 0.25) is 0 Å². The largest absolute Gasteiger partial charge is 0.348 e. The van der Waals surface area contributed by atoms with Gasteiger partial charge in [-0.05, 0) is 32.8 Å². The molecule has 96 valence electrons. The first-order valence-electron chi connectivity index (χ1n) is 6.03. The first-order valence-corrected chi connectivity index (χ1v) is 6.57. The van der Waals surface area contributed by atoms with Gasteiger partial charge in [-0.25, -0.2) is 0 Å². The zero-order valence-electron chi connectivity index (χ0n) is 10.7. The van der Waals surface area contributed by atoms with Crippen LogP contribution >= 0.6 is 11.6 Å². The predicted octanol–water partition coefficient (Wildman–Crippen LogP) is 2.35. The number of carbonyl (C=O) groups excluding carboxylic acids is 1. The number of amides is 1. The number of hydrogen-bond acceptors (Lipinski definition) is 2. The molecule has 0 saturated carbocycles. The van der Waals surface area contributed by atoms with Crippen LogP contribution in [-0.4, -0.2) is 27.6 Å². The van der Waals surface area contributed by atoms with E-state index in [0.29, 0.717) is 18.1 Å². The average Bonchev–Trinajstić information content (AvgIpc) is 2.69. The van der Waals surface area contributed by atoms with Gasteiger partial charge in [-0.2, -0.15) is 5.10 Å². The van der Waals surface area contributed by atoms with Crippen molar-refractivity contribution in [2.45, 2.75) is 46.2 Å². The molecule has 0 radical (unpaired) electrons. The third-order valence-electron chi connectivity index (χ3n) is 2.72. The van der Waals surface area contributed by atoms with E-state index in [9.17, 15) is 4.79 Å². The molecule has 1 heterocycles. The second kappa shape index (κ2) is 6.64. The molecule has 0 bridgehead atoms. The van der Waals surface area contributed by atoms with Gasteiger partial charge in [0.25, 0.3) is 5.91 Å². The number of halogens is 1. The Hall–Kier alpha value is -1.03. The summed E-state index contributed by atoms with van der Waals surface area (Å²) in [5.41, 5.74) is 1.49. The first kappa shape index (κ1) is 14.0. The monoisotopic (exact) mass is 257 g/mol. The second-order valence-corrected chi connectivity index (χ2v) is 4.42. The number of aromatic nitrogens is 2. The number of carbonyl (C=O) groups is 1. The fraction of sp³-hybridized carbons (Fsp3) is 0.667. The average molecular weight is 258 g/mol. The molecular formula is C12H20ClN3O. The van der Waals surface area contributed by atoms with E-state index in [1.165, 1.54) is 0 Å². The third-order valence-corrected chi connectivity index (χ3v) is 2.94. The van der Waals surface area contributed by atoms with Crippen molar-refractivity contribution in [3.63, 3.8) is 0 Å². The standard InChI is InChI=1S/C12H20ClN3O/c1-4-10(6-7-13)14-12(17)11-8-9(3)15-16(11)5-2/h8,10H,4-7H2,1-3H3,(H,14,17). The number of hydrogen-bond donors (Lipinski definition) is 1. The SMILES string of the molecule is CCC(CCCl)NC(=O)c1cc(C)nn1CC. The van der Waals surface area contributed by atoms with Crippen LogP contribution in [0.5, 0.6) is 0 Å². The predicted molar refractivity (Wildman–Crippen MR) is 69.5 cm³/mol. The van der Waals surface area contributed by atoms with Crippen LogP contribution in [-0.2, 0) is 6.54 Å². The van der Waals surface area contributed by atoms with E-state index < -0.39 is 0 Å². The highest BCUT2D eigenvalue weighted by Crippen LogP contribution is 2.06. The lowest BCUT2D eigenvalue weighted by Gasteiger charge is -2.15. The molecule has 0 aliphatic carbocycles. The van der Waals surface area contributed by atoms with Gasteiger partial charge in [0, 0.05) is 18.5 Å². The van der Waals surface area contributed by atoms with Crippen LogP contribution in [0.3, 0.4) is 0 Å². The minimum Gasteiger partial charge on any atom is -0.348 e. The Kier molecular flexibility index (Phi) is 5.48. The van der Waals surface area contributed by atoms with E-state index in [1.807, 2.05) is 26.8 Å². The molecule has 17 heavy (non-hydrogen) atoms. The fourth-order valence-corrected chi connectivity index (χ4v) is 2.00. The Bertz CT molecular complexity index is 376. The van der Waals surface area contributed by atoms with Crippen molar-refractivity contribution >= 4 is 17.5 Å². The Morgan fingerprint density at radius 2 is 2.29 bits per heavy atom. The lowest BCUT2D eigenvalue weighted by atomic mass is 10.1. The molecule has 1 amide bonds. The van der Waals surface area contributed by atoms with E-state index in [-0.39, 0.29) is 11.9 Å². The van der Waals surface area contributed by atoms with Gasteiger partial charge in [0.15, 0.2) is 0 Å². The summed E-state index contributed by atoms with van der Waals surface area (Å²) < 4.78 is 1.72. The van der Waals surface area contributed by atoms with Gasteiger partial charge in [0.1, 0.15) is 5.69 Å². The maximum Gasteiger partial charge on any atom is 0.269 e. The highest BCUT2D eigenvalue weighted by Gasteiger charge is 2.16. The summed E-state index contributed by atoms with van der Waals surface area (Å²) in [6.07, 6.45) is 1.68. The van der Waals surface area contributed by atoms with Crippen molar-refractivity contribution < 1.29 is 4.79 Å².